The summed E-state index contributed by atoms with van der Waals surface area (Å²) in [5.74, 6) is 2.54. The summed E-state index contributed by atoms with van der Waals surface area (Å²) in [6.07, 6.45) is 4.96. The molecular weight excluding hydrogens is 266 g/mol. The minimum atomic E-state index is 0.747. The van der Waals surface area contributed by atoms with Gasteiger partial charge in [0.25, 0.3) is 0 Å². The third-order valence-electron chi connectivity index (χ3n) is 3.31. The maximum atomic E-state index is 5.34. The molecule has 0 atom stereocenters. The molecule has 1 aromatic carbocycles. The number of hydrogen-bond donors (Lipinski definition) is 1. The average Bonchev–Trinajstić information content (AvgIpc) is 2.94. The van der Waals surface area contributed by atoms with Gasteiger partial charge in [-0.25, -0.2) is 4.98 Å². The van der Waals surface area contributed by atoms with Gasteiger partial charge in [-0.3, -0.25) is 0 Å². The second-order valence-corrected chi connectivity index (χ2v) is 4.84. The highest BCUT2D eigenvalue weighted by Crippen LogP contribution is 2.27. The SMILES string of the molecule is CCCNCc1nccn1Cc1ccc(OC)c(OC)c1. The fourth-order valence-electron chi connectivity index (χ4n) is 2.20. The van der Waals surface area contributed by atoms with Crippen LogP contribution in [-0.4, -0.2) is 30.3 Å². The van der Waals surface area contributed by atoms with E-state index < -0.39 is 0 Å². The fourth-order valence-corrected chi connectivity index (χ4v) is 2.20. The molecule has 0 aliphatic rings. The van der Waals surface area contributed by atoms with Crippen molar-refractivity contribution in [2.45, 2.75) is 26.4 Å². The van der Waals surface area contributed by atoms with Crippen molar-refractivity contribution >= 4 is 0 Å². The topological polar surface area (TPSA) is 48.3 Å². The van der Waals surface area contributed by atoms with E-state index in [1.165, 1.54) is 0 Å². The minimum Gasteiger partial charge on any atom is -0.493 e. The van der Waals surface area contributed by atoms with Gasteiger partial charge in [-0.2, -0.15) is 0 Å². The van der Waals surface area contributed by atoms with Gasteiger partial charge in [0.05, 0.1) is 20.8 Å². The lowest BCUT2D eigenvalue weighted by Gasteiger charge is -2.12. The van der Waals surface area contributed by atoms with E-state index in [0.29, 0.717) is 0 Å². The summed E-state index contributed by atoms with van der Waals surface area (Å²) in [5, 5.41) is 3.38. The van der Waals surface area contributed by atoms with Crippen LogP contribution in [-0.2, 0) is 13.1 Å². The van der Waals surface area contributed by atoms with E-state index in [1.807, 2.05) is 30.6 Å². The number of imidazole rings is 1. The van der Waals surface area contributed by atoms with Gasteiger partial charge in [0.1, 0.15) is 5.82 Å². The van der Waals surface area contributed by atoms with E-state index in [-0.39, 0.29) is 0 Å². The molecule has 0 saturated carbocycles. The predicted octanol–water partition coefficient (Wildman–Crippen LogP) is 2.45. The molecule has 0 aliphatic heterocycles. The van der Waals surface area contributed by atoms with Gasteiger partial charge in [0.15, 0.2) is 11.5 Å². The van der Waals surface area contributed by atoms with Crippen molar-refractivity contribution in [2.75, 3.05) is 20.8 Å². The number of nitrogens with one attached hydrogen (secondary N) is 1. The lowest BCUT2D eigenvalue weighted by Crippen LogP contribution is -2.17. The first-order valence-electron chi connectivity index (χ1n) is 7.20. The van der Waals surface area contributed by atoms with Gasteiger partial charge in [0, 0.05) is 18.9 Å². The van der Waals surface area contributed by atoms with Crippen molar-refractivity contribution in [1.29, 1.82) is 0 Å². The number of aromatic nitrogens is 2. The Balaban J connectivity index is 2.09. The monoisotopic (exact) mass is 289 g/mol. The highest BCUT2D eigenvalue weighted by Gasteiger charge is 2.07. The van der Waals surface area contributed by atoms with Crippen LogP contribution in [0.3, 0.4) is 0 Å². The second kappa shape index (κ2) is 7.69. The molecular formula is C16H23N3O2. The lowest BCUT2D eigenvalue weighted by atomic mass is 10.2. The van der Waals surface area contributed by atoms with Crippen molar-refractivity contribution in [2.24, 2.45) is 0 Å². The van der Waals surface area contributed by atoms with Crippen molar-refractivity contribution in [1.82, 2.24) is 14.9 Å². The van der Waals surface area contributed by atoms with Gasteiger partial charge in [-0.15, -0.1) is 0 Å². The van der Waals surface area contributed by atoms with E-state index in [2.05, 4.69) is 21.8 Å². The molecule has 1 aromatic heterocycles. The van der Waals surface area contributed by atoms with Crippen molar-refractivity contribution in [3.63, 3.8) is 0 Å². The molecule has 5 heteroatoms. The van der Waals surface area contributed by atoms with Gasteiger partial charge >= 0.3 is 0 Å². The Bertz CT molecular complexity index is 566. The molecule has 0 amide bonds. The van der Waals surface area contributed by atoms with Gasteiger partial charge in [-0.05, 0) is 30.7 Å². The molecule has 0 spiro atoms. The fraction of sp³-hybridized carbons (Fsp3) is 0.438. The van der Waals surface area contributed by atoms with Crippen LogP contribution in [0, 0.1) is 0 Å². The zero-order chi connectivity index (χ0) is 15.1. The van der Waals surface area contributed by atoms with Crippen molar-refractivity contribution in [3.8, 4) is 11.5 Å². The van der Waals surface area contributed by atoms with E-state index in [1.54, 1.807) is 14.2 Å². The maximum Gasteiger partial charge on any atom is 0.161 e. The summed E-state index contributed by atoms with van der Waals surface area (Å²) < 4.78 is 12.7. The van der Waals surface area contributed by atoms with Crippen LogP contribution in [0.25, 0.3) is 0 Å². The van der Waals surface area contributed by atoms with E-state index in [0.717, 1.165) is 48.9 Å². The Labute approximate surface area is 125 Å². The summed E-state index contributed by atoms with van der Waals surface area (Å²) in [5.41, 5.74) is 1.15. The molecule has 5 nitrogen and oxygen atoms in total. The summed E-state index contributed by atoms with van der Waals surface area (Å²) in [6, 6.07) is 5.98. The zero-order valence-corrected chi connectivity index (χ0v) is 12.9. The van der Waals surface area contributed by atoms with Crippen molar-refractivity contribution in [3.05, 3.63) is 42.0 Å². The number of nitrogens with zero attached hydrogens (tertiary/aromatic N) is 2. The molecule has 0 radical (unpaired) electrons. The summed E-state index contributed by atoms with van der Waals surface area (Å²) in [6.45, 7) is 4.71. The molecule has 2 rings (SSSR count). The van der Waals surface area contributed by atoms with Gasteiger partial charge in [-0.1, -0.05) is 13.0 Å². The Hall–Kier alpha value is -2.01. The maximum absolute atomic E-state index is 5.34. The number of benzene rings is 1. The van der Waals surface area contributed by atoms with Crippen LogP contribution in [0.4, 0.5) is 0 Å². The summed E-state index contributed by atoms with van der Waals surface area (Å²) >= 11 is 0. The first-order valence-corrected chi connectivity index (χ1v) is 7.20. The molecule has 0 unspecified atom stereocenters. The van der Waals surface area contributed by atoms with Crippen molar-refractivity contribution < 1.29 is 9.47 Å². The second-order valence-electron chi connectivity index (χ2n) is 4.84. The normalized spacial score (nSPS) is 10.6. The lowest BCUT2D eigenvalue weighted by molar-refractivity contribution is 0.354. The molecule has 0 aliphatic carbocycles. The first-order chi connectivity index (χ1) is 10.3. The van der Waals surface area contributed by atoms with Crippen LogP contribution in [0.1, 0.15) is 24.7 Å². The quantitative estimate of drug-likeness (QED) is 0.758. The Morgan fingerprint density at radius 3 is 2.71 bits per heavy atom. The number of rotatable bonds is 8. The van der Waals surface area contributed by atoms with Crippen LogP contribution >= 0.6 is 0 Å². The molecule has 1 heterocycles. The Kier molecular flexibility index (Phi) is 5.63. The number of methoxy groups -OCH3 is 2. The van der Waals surface area contributed by atoms with Crippen LogP contribution in [0.15, 0.2) is 30.6 Å². The van der Waals surface area contributed by atoms with Crippen LogP contribution < -0.4 is 14.8 Å². The highest BCUT2D eigenvalue weighted by molar-refractivity contribution is 5.43. The Morgan fingerprint density at radius 2 is 2.00 bits per heavy atom. The van der Waals surface area contributed by atoms with Gasteiger partial charge < -0.3 is 19.4 Å². The minimum absolute atomic E-state index is 0.747. The smallest absolute Gasteiger partial charge is 0.161 e. The average molecular weight is 289 g/mol. The standard InChI is InChI=1S/C16H23N3O2/c1-4-7-17-11-16-18-8-9-19(16)12-13-5-6-14(20-2)15(10-13)21-3/h5-6,8-10,17H,4,7,11-12H2,1-3H3. The Morgan fingerprint density at radius 1 is 1.19 bits per heavy atom. The molecule has 0 fully saturated rings. The van der Waals surface area contributed by atoms with Crippen LogP contribution in [0.2, 0.25) is 0 Å². The first kappa shape index (κ1) is 15.4. The molecule has 21 heavy (non-hydrogen) atoms. The van der Waals surface area contributed by atoms with E-state index >= 15 is 0 Å². The third-order valence-corrected chi connectivity index (χ3v) is 3.31. The predicted molar refractivity (Wildman–Crippen MR) is 82.9 cm³/mol. The van der Waals surface area contributed by atoms with Crippen LogP contribution in [0.5, 0.6) is 11.5 Å². The summed E-state index contributed by atoms with van der Waals surface area (Å²) in [7, 11) is 3.30. The molecule has 114 valence electrons. The summed E-state index contributed by atoms with van der Waals surface area (Å²) in [4.78, 5) is 4.40. The number of hydrogen-bond acceptors (Lipinski definition) is 4. The van der Waals surface area contributed by atoms with E-state index in [4.69, 9.17) is 9.47 Å². The molecule has 0 saturated heterocycles. The molecule has 2 aromatic rings. The molecule has 1 N–H and O–H groups in total. The zero-order valence-electron chi connectivity index (χ0n) is 12.9. The third kappa shape index (κ3) is 3.98. The highest BCUT2D eigenvalue weighted by atomic mass is 16.5. The van der Waals surface area contributed by atoms with E-state index in [9.17, 15) is 0 Å². The largest absolute Gasteiger partial charge is 0.493 e. The van der Waals surface area contributed by atoms with Gasteiger partial charge in [0.2, 0.25) is 0 Å². The molecule has 0 bridgehead atoms. The number of ether oxygens (including phenoxy) is 2.